The zero-order chi connectivity index (χ0) is 31.8. The summed E-state index contributed by atoms with van der Waals surface area (Å²) in [5.74, 6) is -2.96. The van der Waals surface area contributed by atoms with Crippen molar-refractivity contribution in [2.24, 2.45) is 23.5 Å². The Labute approximate surface area is 248 Å². The van der Waals surface area contributed by atoms with Gasteiger partial charge in [-0.25, -0.2) is 14.4 Å². The van der Waals surface area contributed by atoms with Gasteiger partial charge >= 0.3 is 24.4 Å². The van der Waals surface area contributed by atoms with Crippen LogP contribution in [0.1, 0.15) is 85.6 Å². The molecule has 1 aromatic carbocycles. The van der Waals surface area contributed by atoms with Gasteiger partial charge in [-0.05, 0) is 48.8 Å². The molecule has 0 aliphatic rings. The molecule has 0 spiro atoms. The molecule has 12 nitrogen and oxygen atoms in total. The number of benzene rings is 1. The van der Waals surface area contributed by atoms with E-state index in [2.05, 4.69) is 0 Å². The molecule has 3 N–H and O–H groups in total. The van der Waals surface area contributed by atoms with Gasteiger partial charge in [-0.3, -0.25) is 4.79 Å². The van der Waals surface area contributed by atoms with Crippen LogP contribution in [-0.4, -0.2) is 61.5 Å². The summed E-state index contributed by atoms with van der Waals surface area (Å²) in [5, 5.41) is 9.73. The largest absolute Gasteiger partial charge is 0.513 e. The van der Waals surface area contributed by atoms with Crippen molar-refractivity contribution in [3.05, 3.63) is 23.8 Å². The fraction of sp³-hybridized carbons (Fsp3) is 0.667. The summed E-state index contributed by atoms with van der Waals surface area (Å²) in [6.07, 6.45) is -0.191. The van der Waals surface area contributed by atoms with Gasteiger partial charge in [-0.1, -0.05) is 66.9 Å². The monoisotopic (exact) mass is 597 g/mol. The minimum absolute atomic E-state index is 0.0885. The molecule has 0 radical (unpaired) electrons. The van der Waals surface area contributed by atoms with E-state index in [4.69, 9.17) is 34.2 Å². The lowest BCUT2D eigenvalue weighted by molar-refractivity contribution is -0.139. The molecule has 0 amide bonds. The maximum atomic E-state index is 12.5. The zero-order valence-corrected chi connectivity index (χ0v) is 25.8. The average molecular weight is 598 g/mol. The molecule has 0 saturated heterocycles. The predicted octanol–water partition coefficient (Wildman–Crippen LogP) is 6.28. The quantitative estimate of drug-likeness (QED) is 0.117. The lowest BCUT2D eigenvalue weighted by Crippen LogP contribution is -2.40. The molecular weight excluding hydrogens is 550 g/mol. The third kappa shape index (κ3) is 13.0. The second-order valence-corrected chi connectivity index (χ2v) is 10.7. The molecule has 0 aliphatic heterocycles. The average Bonchev–Trinajstić information content (AvgIpc) is 2.94. The maximum Gasteiger partial charge on any atom is 0.513 e. The van der Waals surface area contributed by atoms with Crippen molar-refractivity contribution in [2.75, 3.05) is 19.8 Å². The Morgan fingerprint density at radius 2 is 1.31 bits per heavy atom. The van der Waals surface area contributed by atoms with Crippen LogP contribution in [0, 0.1) is 17.8 Å². The van der Waals surface area contributed by atoms with Crippen LogP contribution in [-0.2, 0) is 23.7 Å². The van der Waals surface area contributed by atoms with Gasteiger partial charge in [0.15, 0.2) is 11.5 Å². The Morgan fingerprint density at radius 1 is 0.786 bits per heavy atom. The number of rotatable bonds is 17. The van der Waals surface area contributed by atoms with Crippen LogP contribution < -0.4 is 15.2 Å². The van der Waals surface area contributed by atoms with Gasteiger partial charge in [0.2, 0.25) is 0 Å². The van der Waals surface area contributed by atoms with Crippen molar-refractivity contribution >= 4 is 24.4 Å². The number of aliphatic carboxylic acids is 1. The van der Waals surface area contributed by atoms with Crippen LogP contribution in [0.5, 0.6) is 11.5 Å². The van der Waals surface area contributed by atoms with Gasteiger partial charge in [0.25, 0.3) is 0 Å². The third-order valence-electron chi connectivity index (χ3n) is 6.85. The lowest BCUT2D eigenvalue weighted by atomic mass is 9.82. The van der Waals surface area contributed by atoms with Crippen molar-refractivity contribution in [1.82, 2.24) is 0 Å². The molecule has 0 bridgehead atoms. The zero-order valence-electron chi connectivity index (χ0n) is 25.8. The van der Waals surface area contributed by atoms with Gasteiger partial charge in [-0.15, -0.1) is 0 Å². The van der Waals surface area contributed by atoms with Crippen LogP contribution in [0.25, 0.3) is 0 Å². The minimum atomic E-state index is -1.42. The van der Waals surface area contributed by atoms with Crippen LogP contribution in [0.2, 0.25) is 0 Å². The number of carboxylic acids is 1. The van der Waals surface area contributed by atoms with Crippen molar-refractivity contribution in [3.8, 4) is 11.5 Å². The Bertz CT molecular complexity index is 1010. The maximum absolute atomic E-state index is 12.5. The third-order valence-corrected chi connectivity index (χ3v) is 6.85. The summed E-state index contributed by atoms with van der Waals surface area (Å²) >= 11 is 0. The number of ether oxygens (including phenoxy) is 6. The number of carboxylic acid groups (broad SMARTS) is 1. The Balaban J connectivity index is 3.28. The Hall–Kier alpha value is -3.54. The van der Waals surface area contributed by atoms with E-state index in [1.54, 1.807) is 13.8 Å². The molecule has 6 atom stereocenters. The van der Waals surface area contributed by atoms with Crippen LogP contribution in [0.4, 0.5) is 14.4 Å². The van der Waals surface area contributed by atoms with Gasteiger partial charge in [-0.2, -0.15) is 0 Å². The van der Waals surface area contributed by atoms with E-state index in [1.165, 1.54) is 18.2 Å². The number of nitrogens with two attached hydrogens (primary N) is 1. The fourth-order valence-electron chi connectivity index (χ4n) is 3.80. The topological polar surface area (TPSA) is 170 Å². The highest BCUT2D eigenvalue weighted by Crippen LogP contribution is 2.36. The van der Waals surface area contributed by atoms with E-state index >= 15 is 0 Å². The molecule has 238 valence electrons. The van der Waals surface area contributed by atoms with E-state index in [0.29, 0.717) is 12.0 Å². The van der Waals surface area contributed by atoms with E-state index in [0.717, 1.165) is 19.3 Å². The summed E-state index contributed by atoms with van der Waals surface area (Å²) in [5.41, 5.74) is 6.39. The van der Waals surface area contributed by atoms with Gasteiger partial charge in [0.05, 0.1) is 19.8 Å². The predicted molar refractivity (Wildman–Crippen MR) is 154 cm³/mol. The number of hydrogen-bond acceptors (Lipinski definition) is 11. The molecular formula is C30H47NO11. The lowest BCUT2D eigenvalue weighted by Gasteiger charge is -2.28. The number of carbonyl (C=O) groups is 4. The van der Waals surface area contributed by atoms with Crippen LogP contribution in [0.15, 0.2) is 18.2 Å². The van der Waals surface area contributed by atoms with Crippen molar-refractivity contribution in [3.63, 3.8) is 0 Å². The van der Waals surface area contributed by atoms with Crippen LogP contribution >= 0.6 is 0 Å². The Morgan fingerprint density at radius 3 is 1.81 bits per heavy atom. The highest BCUT2D eigenvalue weighted by Gasteiger charge is 2.33. The second kappa shape index (κ2) is 18.8. The summed E-state index contributed by atoms with van der Waals surface area (Å²) in [6.45, 7) is 13.1. The summed E-state index contributed by atoms with van der Waals surface area (Å²) in [6, 6.07) is 2.75. The first kappa shape index (κ1) is 36.5. The van der Waals surface area contributed by atoms with Crippen molar-refractivity contribution in [2.45, 2.75) is 92.2 Å². The molecule has 0 aliphatic carbocycles. The first-order chi connectivity index (χ1) is 19.8. The first-order valence-corrected chi connectivity index (χ1v) is 14.5. The number of carbonyl (C=O) groups excluding carboxylic acids is 3. The van der Waals surface area contributed by atoms with Gasteiger partial charge in [0, 0.05) is 5.92 Å². The van der Waals surface area contributed by atoms with Gasteiger partial charge in [0.1, 0.15) is 12.1 Å². The SMILES string of the molecule is CCCC(C)OC(=O)OCC(C)C(c1ccc(OC(=O)OCC(C)CC)c(OC(=O)OCC(C)CC)c1)[C@H](N)C(=O)O. The molecule has 0 saturated carbocycles. The summed E-state index contributed by atoms with van der Waals surface area (Å²) in [7, 11) is 0. The normalized spacial score (nSPS) is 15.2. The smallest absolute Gasteiger partial charge is 0.480 e. The molecule has 0 heterocycles. The standard InChI is InChI=1S/C30H47NO11/c1-8-11-21(7)40-28(34)39-17-20(6)25(26(31)27(32)33)22-12-13-23(41-29(35)37-15-18(4)9-2)24(14-22)42-30(36)38-16-19(5)10-3/h12-14,18-21,25-26H,8-11,15-17,31H2,1-7H3,(H,32,33)/t18?,19?,20?,21?,25?,26-/m0/s1. The molecule has 0 fully saturated rings. The molecule has 1 rings (SSSR count). The molecule has 42 heavy (non-hydrogen) atoms. The Kier molecular flexibility index (Phi) is 16.3. The molecule has 5 unspecified atom stereocenters. The molecule has 12 heteroatoms. The highest BCUT2D eigenvalue weighted by atomic mass is 16.7. The fourth-order valence-corrected chi connectivity index (χ4v) is 3.80. The van der Waals surface area contributed by atoms with E-state index in [1.807, 2.05) is 34.6 Å². The second-order valence-electron chi connectivity index (χ2n) is 10.7. The van der Waals surface area contributed by atoms with E-state index in [9.17, 15) is 24.3 Å². The summed E-state index contributed by atoms with van der Waals surface area (Å²) in [4.78, 5) is 48.9. The highest BCUT2D eigenvalue weighted by molar-refractivity contribution is 5.75. The van der Waals surface area contributed by atoms with E-state index < -0.39 is 42.3 Å². The van der Waals surface area contributed by atoms with Crippen molar-refractivity contribution in [1.29, 1.82) is 0 Å². The summed E-state index contributed by atoms with van der Waals surface area (Å²) < 4.78 is 31.4. The van der Waals surface area contributed by atoms with Gasteiger partial charge < -0.3 is 39.3 Å². The van der Waals surface area contributed by atoms with Crippen molar-refractivity contribution < 1.29 is 52.7 Å². The number of hydrogen-bond donors (Lipinski definition) is 2. The minimum Gasteiger partial charge on any atom is -0.480 e. The van der Waals surface area contributed by atoms with E-state index in [-0.39, 0.29) is 49.3 Å². The molecule has 0 aromatic heterocycles. The van der Waals surface area contributed by atoms with Crippen LogP contribution in [0.3, 0.4) is 0 Å². The molecule has 1 aromatic rings. The first-order valence-electron chi connectivity index (χ1n) is 14.5.